The van der Waals surface area contributed by atoms with E-state index in [1.165, 1.54) is 18.2 Å². The Bertz CT molecular complexity index is 981. The van der Waals surface area contributed by atoms with E-state index in [1.807, 2.05) is 0 Å². The summed E-state index contributed by atoms with van der Waals surface area (Å²) in [6.45, 7) is 0.430. The van der Waals surface area contributed by atoms with Crippen LogP contribution in [-0.2, 0) is 14.8 Å². The van der Waals surface area contributed by atoms with Crippen LogP contribution in [0.4, 0.5) is 11.4 Å². The molecule has 1 heterocycles. The topological polar surface area (TPSA) is 84.9 Å². The fourth-order valence-electron chi connectivity index (χ4n) is 2.52. The molecule has 0 saturated heterocycles. The van der Waals surface area contributed by atoms with Crippen LogP contribution >= 0.6 is 23.2 Å². The molecule has 0 saturated carbocycles. The van der Waals surface area contributed by atoms with E-state index in [4.69, 9.17) is 32.7 Å². The van der Waals surface area contributed by atoms with Gasteiger partial charge in [0.15, 0.2) is 11.5 Å². The van der Waals surface area contributed by atoms with Crippen molar-refractivity contribution in [2.45, 2.75) is 0 Å². The van der Waals surface area contributed by atoms with Crippen molar-refractivity contribution in [3.8, 4) is 11.5 Å². The summed E-state index contributed by atoms with van der Waals surface area (Å²) in [7, 11) is -3.75. The van der Waals surface area contributed by atoms with E-state index in [1.54, 1.807) is 18.2 Å². The molecule has 27 heavy (non-hydrogen) atoms. The Morgan fingerprint density at radius 1 is 1.11 bits per heavy atom. The summed E-state index contributed by atoms with van der Waals surface area (Å²) in [6, 6.07) is 9.30. The van der Waals surface area contributed by atoms with Crippen molar-refractivity contribution in [2.75, 3.05) is 35.6 Å². The Morgan fingerprint density at radius 2 is 1.81 bits per heavy atom. The number of rotatable bonds is 5. The molecule has 1 N–H and O–H groups in total. The van der Waals surface area contributed by atoms with Gasteiger partial charge in [-0.2, -0.15) is 0 Å². The molecule has 0 aromatic heterocycles. The highest BCUT2D eigenvalue weighted by molar-refractivity contribution is 7.92. The third kappa shape index (κ3) is 4.77. The largest absolute Gasteiger partial charge is 0.486 e. The number of carbonyl (C=O) groups is 1. The molecule has 3 rings (SSSR count). The fourth-order valence-corrected chi connectivity index (χ4v) is 3.95. The van der Waals surface area contributed by atoms with Crippen molar-refractivity contribution >= 4 is 50.5 Å². The lowest BCUT2D eigenvalue weighted by molar-refractivity contribution is -0.114. The van der Waals surface area contributed by atoms with Crippen molar-refractivity contribution in [1.82, 2.24) is 0 Å². The molecule has 7 nitrogen and oxygen atoms in total. The van der Waals surface area contributed by atoms with E-state index < -0.39 is 22.5 Å². The number of halogens is 2. The fraction of sp³-hybridized carbons (Fsp3) is 0.235. The second-order valence-electron chi connectivity index (χ2n) is 5.77. The molecule has 1 aliphatic heterocycles. The van der Waals surface area contributed by atoms with Crippen LogP contribution in [0.25, 0.3) is 0 Å². The standard InChI is InChI=1S/C17H16Cl2N2O5S/c1-27(23,24)21(14-4-2-11(18)8-13(14)19)10-17(22)20-12-3-5-15-16(9-12)26-7-6-25-15/h2-5,8-9H,6-7,10H2,1H3,(H,20,22). The van der Waals surface area contributed by atoms with Gasteiger partial charge in [-0.05, 0) is 30.3 Å². The Balaban J connectivity index is 1.79. The Hall–Kier alpha value is -2.16. The monoisotopic (exact) mass is 430 g/mol. The molecule has 2 aromatic carbocycles. The molecule has 0 unspecified atom stereocenters. The van der Waals surface area contributed by atoms with E-state index in [0.717, 1.165) is 10.6 Å². The maximum absolute atomic E-state index is 12.4. The van der Waals surface area contributed by atoms with Gasteiger partial charge in [-0.25, -0.2) is 8.42 Å². The van der Waals surface area contributed by atoms with Gasteiger partial charge in [0.05, 0.1) is 17.0 Å². The minimum absolute atomic E-state index is 0.125. The van der Waals surface area contributed by atoms with Crippen LogP contribution < -0.4 is 19.1 Å². The summed E-state index contributed by atoms with van der Waals surface area (Å²) < 4.78 is 36.1. The van der Waals surface area contributed by atoms with Crippen LogP contribution in [-0.4, -0.2) is 40.3 Å². The number of carbonyl (C=O) groups excluding carboxylic acids is 1. The first-order valence-electron chi connectivity index (χ1n) is 7.86. The molecule has 0 spiro atoms. The second-order valence-corrected chi connectivity index (χ2v) is 8.52. The quantitative estimate of drug-likeness (QED) is 0.786. The van der Waals surface area contributed by atoms with Crippen molar-refractivity contribution in [3.05, 3.63) is 46.4 Å². The zero-order valence-corrected chi connectivity index (χ0v) is 16.6. The van der Waals surface area contributed by atoms with Gasteiger partial charge >= 0.3 is 0 Å². The molecule has 0 aliphatic carbocycles. The Kier molecular flexibility index (Phi) is 5.69. The van der Waals surface area contributed by atoms with E-state index in [2.05, 4.69) is 5.32 Å². The number of benzene rings is 2. The van der Waals surface area contributed by atoms with E-state index >= 15 is 0 Å². The summed E-state index contributed by atoms with van der Waals surface area (Å²) in [6.07, 6.45) is 0.995. The van der Waals surface area contributed by atoms with Crippen molar-refractivity contribution in [1.29, 1.82) is 0 Å². The summed E-state index contributed by atoms with van der Waals surface area (Å²) >= 11 is 12.0. The van der Waals surface area contributed by atoms with Crippen molar-refractivity contribution in [2.24, 2.45) is 0 Å². The molecular weight excluding hydrogens is 415 g/mol. The summed E-state index contributed by atoms with van der Waals surface area (Å²) in [5, 5.41) is 3.13. The minimum atomic E-state index is -3.75. The highest BCUT2D eigenvalue weighted by Crippen LogP contribution is 2.33. The van der Waals surface area contributed by atoms with Gasteiger partial charge in [-0.1, -0.05) is 23.2 Å². The van der Waals surface area contributed by atoms with Gasteiger partial charge in [0, 0.05) is 16.8 Å². The van der Waals surface area contributed by atoms with Gasteiger partial charge < -0.3 is 14.8 Å². The maximum atomic E-state index is 12.4. The molecule has 1 aliphatic rings. The van der Waals surface area contributed by atoms with Gasteiger partial charge in [0.2, 0.25) is 15.9 Å². The van der Waals surface area contributed by atoms with E-state index in [-0.39, 0.29) is 10.7 Å². The zero-order chi connectivity index (χ0) is 19.6. The number of anilines is 2. The number of hydrogen-bond acceptors (Lipinski definition) is 5. The van der Waals surface area contributed by atoms with Crippen LogP contribution in [0.1, 0.15) is 0 Å². The van der Waals surface area contributed by atoms with Gasteiger partial charge in [-0.3, -0.25) is 9.10 Å². The zero-order valence-electron chi connectivity index (χ0n) is 14.2. The minimum Gasteiger partial charge on any atom is -0.486 e. The summed E-state index contributed by atoms with van der Waals surface area (Å²) in [5.41, 5.74) is 0.626. The molecule has 0 fully saturated rings. The molecule has 10 heteroatoms. The third-order valence-electron chi connectivity index (χ3n) is 3.69. The van der Waals surface area contributed by atoms with Crippen LogP contribution in [0.2, 0.25) is 10.0 Å². The first-order chi connectivity index (χ1) is 12.7. The molecule has 0 atom stereocenters. The second kappa shape index (κ2) is 7.84. The smallest absolute Gasteiger partial charge is 0.245 e. The number of hydrogen-bond donors (Lipinski definition) is 1. The van der Waals surface area contributed by atoms with Gasteiger partial charge in [0.1, 0.15) is 19.8 Å². The lowest BCUT2D eigenvalue weighted by atomic mass is 10.2. The first-order valence-corrected chi connectivity index (χ1v) is 10.5. The van der Waals surface area contributed by atoms with Crippen LogP contribution in [0.15, 0.2) is 36.4 Å². The van der Waals surface area contributed by atoms with Crippen LogP contribution in [0, 0.1) is 0 Å². The molecule has 1 amide bonds. The van der Waals surface area contributed by atoms with Crippen LogP contribution in [0.3, 0.4) is 0 Å². The average Bonchev–Trinajstić information content (AvgIpc) is 2.59. The third-order valence-corrected chi connectivity index (χ3v) is 5.36. The van der Waals surface area contributed by atoms with Crippen molar-refractivity contribution in [3.63, 3.8) is 0 Å². The number of ether oxygens (including phenoxy) is 2. The van der Waals surface area contributed by atoms with E-state index in [9.17, 15) is 13.2 Å². The van der Waals surface area contributed by atoms with Gasteiger partial charge in [0.25, 0.3) is 0 Å². The summed E-state index contributed by atoms with van der Waals surface area (Å²) in [5.74, 6) is 0.563. The number of fused-ring (bicyclic) bond motifs is 1. The molecule has 144 valence electrons. The SMILES string of the molecule is CS(=O)(=O)N(CC(=O)Nc1ccc2c(c1)OCCO2)c1ccc(Cl)cc1Cl. The normalized spacial score (nSPS) is 13.1. The number of sulfonamides is 1. The first kappa shape index (κ1) is 19.6. The predicted molar refractivity (Wildman–Crippen MR) is 105 cm³/mol. The highest BCUT2D eigenvalue weighted by atomic mass is 35.5. The Labute approximate surface area is 166 Å². The van der Waals surface area contributed by atoms with E-state index in [0.29, 0.717) is 35.4 Å². The molecule has 2 aromatic rings. The molecule has 0 radical (unpaired) electrons. The predicted octanol–water partition coefficient (Wildman–Crippen LogP) is 3.17. The Morgan fingerprint density at radius 3 is 2.48 bits per heavy atom. The maximum Gasteiger partial charge on any atom is 0.245 e. The lowest BCUT2D eigenvalue weighted by Crippen LogP contribution is -2.37. The number of nitrogens with one attached hydrogen (secondary N) is 1. The lowest BCUT2D eigenvalue weighted by Gasteiger charge is -2.23. The molecular formula is C17H16Cl2N2O5S. The highest BCUT2D eigenvalue weighted by Gasteiger charge is 2.23. The average molecular weight is 431 g/mol. The molecule has 0 bridgehead atoms. The number of amides is 1. The summed E-state index contributed by atoms with van der Waals surface area (Å²) in [4.78, 5) is 12.4. The number of nitrogens with zero attached hydrogens (tertiary/aromatic N) is 1. The van der Waals surface area contributed by atoms with Crippen molar-refractivity contribution < 1.29 is 22.7 Å². The van der Waals surface area contributed by atoms with Gasteiger partial charge in [-0.15, -0.1) is 0 Å². The van der Waals surface area contributed by atoms with Crippen LogP contribution in [0.5, 0.6) is 11.5 Å².